The van der Waals surface area contributed by atoms with Gasteiger partial charge in [-0.05, 0) is 44.0 Å². The highest BCUT2D eigenvalue weighted by Gasteiger charge is 2.28. The molecule has 1 unspecified atom stereocenters. The highest BCUT2D eigenvalue weighted by Crippen LogP contribution is 2.25. The Morgan fingerprint density at radius 1 is 1.00 bits per heavy atom. The third-order valence-electron chi connectivity index (χ3n) is 5.81. The van der Waals surface area contributed by atoms with Crippen molar-refractivity contribution in [2.45, 2.75) is 65.5 Å². The maximum atomic E-state index is 13.4. The van der Waals surface area contributed by atoms with Crippen LogP contribution in [0.1, 0.15) is 64.7 Å². The van der Waals surface area contributed by atoms with Crippen molar-refractivity contribution in [3.63, 3.8) is 0 Å². The van der Waals surface area contributed by atoms with Crippen LogP contribution in [0.2, 0.25) is 0 Å². The molecule has 6 nitrogen and oxygen atoms in total. The summed E-state index contributed by atoms with van der Waals surface area (Å²) in [6.07, 6.45) is 4.92. The number of para-hydroxylation sites is 2. The molecule has 170 valence electrons. The molecule has 0 saturated carbocycles. The molecular weight excluding hydrogens is 400 g/mol. The molecule has 2 amide bonds. The number of carbonyl (C=O) groups is 1. The fourth-order valence-corrected chi connectivity index (χ4v) is 4.11. The highest BCUT2D eigenvalue weighted by atomic mass is 16.2. The van der Waals surface area contributed by atoms with Crippen LogP contribution in [0.5, 0.6) is 0 Å². The van der Waals surface area contributed by atoms with E-state index >= 15 is 0 Å². The number of fused-ring (bicyclic) bond motifs is 1. The lowest BCUT2D eigenvalue weighted by atomic mass is 10.1. The average molecular weight is 435 g/mol. The predicted molar refractivity (Wildman–Crippen MR) is 131 cm³/mol. The molecule has 0 bridgehead atoms. The van der Waals surface area contributed by atoms with Crippen molar-refractivity contribution in [2.24, 2.45) is 0 Å². The molecule has 0 radical (unpaired) electrons. The van der Waals surface area contributed by atoms with E-state index in [1.54, 1.807) is 4.57 Å². The maximum absolute atomic E-state index is 13.4. The Hall–Kier alpha value is -3.15. The number of rotatable bonds is 10. The van der Waals surface area contributed by atoms with Gasteiger partial charge in [0.15, 0.2) is 0 Å². The largest absolute Gasteiger partial charge is 0.322 e. The van der Waals surface area contributed by atoms with Gasteiger partial charge in [0.2, 0.25) is 0 Å². The molecule has 1 aromatic heterocycles. The third-order valence-corrected chi connectivity index (χ3v) is 5.81. The smallest absolute Gasteiger partial charge is 0.314 e. The summed E-state index contributed by atoms with van der Waals surface area (Å²) >= 11 is 0. The van der Waals surface area contributed by atoms with Gasteiger partial charge in [0.05, 0.1) is 16.9 Å². The van der Waals surface area contributed by atoms with Crippen molar-refractivity contribution in [1.82, 2.24) is 14.5 Å². The zero-order valence-corrected chi connectivity index (χ0v) is 19.4. The minimum atomic E-state index is -0.294. The van der Waals surface area contributed by atoms with Crippen LogP contribution >= 0.6 is 0 Å². The van der Waals surface area contributed by atoms with Crippen LogP contribution in [0, 0.1) is 0 Å². The van der Waals surface area contributed by atoms with Crippen LogP contribution in [0.15, 0.2) is 59.4 Å². The molecular formula is C26H34N4O2. The van der Waals surface area contributed by atoms with Crippen LogP contribution in [0.3, 0.4) is 0 Å². The second-order valence-electron chi connectivity index (χ2n) is 8.01. The summed E-state index contributed by atoms with van der Waals surface area (Å²) in [7, 11) is 0. The van der Waals surface area contributed by atoms with Crippen LogP contribution < -0.4 is 10.9 Å². The van der Waals surface area contributed by atoms with Crippen molar-refractivity contribution >= 4 is 22.6 Å². The fourth-order valence-electron chi connectivity index (χ4n) is 4.11. The molecule has 0 saturated heterocycles. The molecule has 0 aliphatic rings. The second-order valence-corrected chi connectivity index (χ2v) is 8.01. The highest BCUT2D eigenvalue weighted by molar-refractivity contribution is 5.89. The molecule has 1 atom stereocenters. The number of urea groups is 1. The maximum Gasteiger partial charge on any atom is 0.322 e. The normalized spacial score (nSPS) is 12.0. The van der Waals surface area contributed by atoms with Crippen molar-refractivity contribution in [3.8, 4) is 0 Å². The number of nitrogens with zero attached hydrogens (tertiary/aromatic N) is 3. The minimum Gasteiger partial charge on any atom is -0.314 e. The standard InChI is InChI=1S/C26H34N4O2/c1-4-7-8-14-19-30(26(32)27-20-15-10-9-11-16-20)23(5-2)24-28-22-18-13-12-17-21(22)25(31)29(24)6-3/h9-13,15-18,23H,4-8,14,19H2,1-3H3,(H,27,32). The molecule has 3 rings (SSSR count). The van der Waals surface area contributed by atoms with Gasteiger partial charge >= 0.3 is 6.03 Å². The molecule has 1 heterocycles. The summed E-state index contributed by atoms with van der Waals surface area (Å²) < 4.78 is 1.71. The quantitative estimate of drug-likeness (QED) is 0.399. The van der Waals surface area contributed by atoms with Crippen LogP contribution in [0.4, 0.5) is 10.5 Å². The fraction of sp³-hybridized carbons (Fsp3) is 0.423. The predicted octanol–water partition coefficient (Wildman–Crippen LogP) is 5.98. The van der Waals surface area contributed by atoms with Gasteiger partial charge in [0, 0.05) is 18.8 Å². The first kappa shape index (κ1) is 23.5. The molecule has 0 aliphatic carbocycles. The van der Waals surface area contributed by atoms with Gasteiger partial charge in [0.25, 0.3) is 5.56 Å². The summed E-state index contributed by atoms with van der Waals surface area (Å²) in [5.74, 6) is 0.650. The number of amides is 2. The van der Waals surface area contributed by atoms with E-state index in [0.717, 1.165) is 31.4 Å². The molecule has 6 heteroatoms. The Bertz CT molecular complexity index is 1080. The first-order valence-corrected chi connectivity index (χ1v) is 11.7. The van der Waals surface area contributed by atoms with E-state index in [1.807, 2.05) is 73.3 Å². The average Bonchev–Trinajstić information content (AvgIpc) is 2.82. The Kier molecular flexibility index (Phi) is 8.42. The lowest BCUT2D eigenvalue weighted by molar-refractivity contribution is 0.178. The number of benzene rings is 2. The van der Waals surface area contributed by atoms with Gasteiger partial charge < -0.3 is 10.2 Å². The Labute approximate surface area is 190 Å². The molecule has 0 spiro atoms. The molecule has 32 heavy (non-hydrogen) atoms. The number of hydrogen-bond donors (Lipinski definition) is 1. The zero-order valence-electron chi connectivity index (χ0n) is 19.4. The summed E-state index contributed by atoms with van der Waals surface area (Å²) in [5.41, 5.74) is 1.37. The SMILES string of the molecule is CCCCCCN(C(=O)Nc1ccccc1)C(CC)c1nc2ccccc2c(=O)n1CC. The van der Waals surface area contributed by atoms with Gasteiger partial charge in [-0.1, -0.05) is 63.4 Å². The van der Waals surface area contributed by atoms with Gasteiger partial charge in [0.1, 0.15) is 5.82 Å². The summed E-state index contributed by atoms with van der Waals surface area (Å²) in [5, 5.41) is 3.64. The van der Waals surface area contributed by atoms with E-state index in [-0.39, 0.29) is 17.6 Å². The number of carbonyl (C=O) groups excluding carboxylic acids is 1. The van der Waals surface area contributed by atoms with Crippen LogP contribution in [-0.4, -0.2) is 27.0 Å². The van der Waals surface area contributed by atoms with Crippen molar-refractivity contribution in [3.05, 3.63) is 70.8 Å². The van der Waals surface area contributed by atoms with Crippen molar-refractivity contribution in [1.29, 1.82) is 0 Å². The summed E-state index contributed by atoms with van der Waals surface area (Å²) in [6, 6.07) is 16.4. The van der Waals surface area contributed by atoms with Crippen molar-refractivity contribution < 1.29 is 4.79 Å². The summed E-state index contributed by atoms with van der Waals surface area (Å²) in [6.45, 7) is 7.29. The van der Waals surface area contributed by atoms with Gasteiger partial charge in [-0.3, -0.25) is 9.36 Å². The van der Waals surface area contributed by atoms with E-state index in [4.69, 9.17) is 4.98 Å². The third kappa shape index (κ3) is 5.36. The van der Waals surface area contributed by atoms with Crippen molar-refractivity contribution in [2.75, 3.05) is 11.9 Å². The Morgan fingerprint density at radius 2 is 1.72 bits per heavy atom. The van der Waals surface area contributed by atoms with E-state index in [9.17, 15) is 9.59 Å². The zero-order chi connectivity index (χ0) is 22.9. The first-order valence-electron chi connectivity index (χ1n) is 11.7. The van der Waals surface area contributed by atoms with Crippen LogP contribution in [0.25, 0.3) is 10.9 Å². The number of nitrogens with one attached hydrogen (secondary N) is 1. The van der Waals surface area contributed by atoms with Gasteiger partial charge in [-0.25, -0.2) is 9.78 Å². The number of anilines is 1. The van der Waals surface area contributed by atoms with E-state index < -0.39 is 0 Å². The number of unbranched alkanes of at least 4 members (excludes halogenated alkanes) is 3. The lowest BCUT2D eigenvalue weighted by Crippen LogP contribution is -2.41. The summed E-state index contributed by atoms with van der Waals surface area (Å²) in [4.78, 5) is 33.3. The number of hydrogen-bond acceptors (Lipinski definition) is 3. The molecule has 3 aromatic rings. The van der Waals surface area contributed by atoms with E-state index in [2.05, 4.69) is 12.2 Å². The molecule has 0 aliphatic heterocycles. The Morgan fingerprint density at radius 3 is 2.41 bits per heavy atom. The molecule has 1 N–H and O–H groups in total. The van der Waals surface area contributed by atoms with Gasteiger partial charge in [-0.2, -0.15) is 0 Å². The van der Waals surface area contributed by atoms with Crippen LogP contribution in [-0.2, 0) is 6.54 Å². The lowest BCUT2D eigenvalue weighted by Gasteiger charge is -2.32. The monoisotopic (exact) mass is 434 g/mol. The van der Waals surface area contributed by atoms with Gasteiger partial charge in [-0.15, -0.1) is 0 Å². The number of aromatic nitrogens is 2. The first-order chi connectivity index (χ1) is 15.6. The minimum absolute atomic E-state index is 0.0547. The second kappa shape index (κ2) is 11.5. The topological polar surface area (TPSA) is 67.2 Å². The van der Waals surface area contributed by atoms with E-state index in [1.165, 1.54) is 0 Å². The van der Waals surface area contributed by atoms with E-state index in [0.29, 0.717) is 36.2 Å². The molecule has 0 fully saturated rings. The Balaban J connectivity index is 2.01. The molecule has 2 aromatic carbocycles.